The Labute approximate surface area is 90.8 Å². The maximum Gasteiger partial charge on any atom is 0.445 e. The van der Waals surface area contributed by atoms with E-state index in [1.165, 1.54) is 12.4 Å². The van der Waals surface area contributed by atoms with Gasteiger partial charge < -0.3 is 0 Å². The number of rotatable bonds is 1. The number of hydrogen-bond acceptors (Lipinski definition) is 5. The van der Waals surface area contributed by atoms with E-state index in [-0.39, 0.29) is 11.0 Å². The third kappa shape index (κ3) is 1.74. The van der Waals surface area contributed by atoms with Crippen LogP contribution in [-0.4, -0.2) is 19.7 Å². The lowest BCUT2D eigenvalue weighted by atomic mass is 10.7. The standard InChI is InChI=1S/C7H2F3N5S/c8-7(9,10)5-13-14-6(16-5)15-2-1-12-4(15)3-11/h1-2H. The first-order valence-corrected chi connectivity index (χ1v) is 4.68. The normalized spacial score (nSPS) is 11.4. The highest BCUT2D eigenvalue weighted by molar-refractivity contribution is 7.13. The maximum absolute atomic E-state index is 12.2. The van der Waals surface area contributed by atoms with Gasteiger partial charge in [-0.25, -0.2) is 4.98 Å². The van der Waals surface area contributed by atoms with E-state index in [0.717, 1.165) is 4.57 Å². The molecule has 0 radical (unpaired) electrons. The summed E-state index contributed by atoms with van der Waals surface area (Å²) in [6, 6.07) is 1.73. The lowest BCUT2D eigenvalue weighted by molar-refractivity contribution is -0.138. The zero-order valence-corrected chi connectivity index (χ0v) is 8.25. The summed E-state index contributed by atoms with van der Waals surface area (Å²) < 4.78 is 37.9. The average Bonchev–Trinajstić information content (AvgIpc) is 2.84. The Morgan fingerprint density at radius 1 is 1.38 bits per heavy atom. The second kappa shape index (κ2) is 3.57. The van der Waals surface area contributed by atoms with Crippen LogP contribution in [0.25, 0.3) is 5.13 Å². The van der Waals surface area contributed by atoms with Crippen molar-refractivity contribution in [3.8, 4) is 11.2 Å². The minimum Gasteiger partial charge on any atom is -0.265 e. The average molecular weight is 245 g/mol. The van der Waals surface area contributed by atoms with Gasteiger partial charge in [0.1, 0.15) is 6.07 Å². The van der Waals surface area contributed by atoms with Crippen molar-refractivity contribution in [2.75, 3.05) is 0 Å². The summed E-state index contributed by atoms with van der Waals surface area (Å²) in [5.41, 5.74) is 0. The summed E-state index contributed by atoms with van der Waals surface area (Å²) in [5, 5.41) is 13.9. The summed E-state index contributed by atoms with van der Waals surface area (Å²) >= 11 is 0.352. The Morgan fingerprint density at radius 3 is 2.69 bits per heavy atom. The van der Waals surface area contributed by atoms with Crippen LogP contribution in [0.3, 0.4) is 0 Å². The van der Waals surface area contributed by atoms with Crippen LogP contribution in [0.2, 0.25) is 0 Å². The van der Waals surface area contributed by atoms with E-state index >= 15 is 0 Å². The molecule has 16 heavy (non-hydrogen) atoms. The molecule has 0 amide bonds. The zero-order valence-electron chi connectivity index (χ0n) is 7.43. The molecule has 0 unspecified atom stereocenters. The number of halogens is 3. The quantitative estimate of drug-likeness (QED) is 0.765. The van der Waals surface area contributed by atoms with Crippen molar-refractivity contribution in [1.29, 1.82) is 5.26 Å². The number of aromatic nitrogens is 4. The van der Waals surface area contributed by atoms with Crippen molar-refractivity contribution in [2.45, 2.75) is 6.18 Å². The van der Waals surface area contributed by atoms with E-state index in [1.807, 2.05) is 0 Å². The van der Waals surface area contributed by atoms with Crippen LogP contribution in [0.15, 0.2) is 12.4 Å². The number of hydrogen-bond donors (Lipinski definition) is 0. The second-order valence-corrected chi connectivity index (χ2v) is 3.58. The van der Waals surface area contributed by atoms with Gasteiger partial charge in [-0.15, -0.1) is 10.2 Å². The maximum atomic E-state index is 12.2. The topological polar surface area (TPSA) is 67.4 Å². The van der Waals surface area contributed by atoms with E-state index in [4.69, 9.17) is 5.26 Å². The SMILES string of the molecule is N#Cc1nccn1-c1nnc(C(F)(F)F)s1. The fraction of sp³-hybridized carbons (Fsp3) is 0.143. The molecule has 5 nitrogen and oxygen atoms in total. The first-order chi connectivity index (χ1) is 7.52. The zero-order chi connectivity index (χ0) is 11.8. The Bertz CT molecular complexity index is 549. The highest BCUT2D eigenvalue weighted by Crippen LogP contribution is 2.32. The molecule has 82 valence electrons. The highest BCUT2D eigenvalue weighted by atomic mass is 32.1. The fourth-order valence-electron chi connectivity index (χ4n) is 0.968. The van der Waals surface area contributed by atoms with Crippen molar-refractivity contribution < 1.29 is 13.2 Å². The summed E-state index contributed by atoms with van der Waals surface area (Å²) in [6.07, 6.45) is -1.88. The molecule has 0 atom stereocenters. The minimum absolute atomic E-state index is 0.0372. The lowest BCUT2D eigenvalue weighted by Crippen LogP contribution is -2.03. The Morgan fingerprint density at radius 2 is 2.12 bits per heavy atom. The smallest absolute Gasteiger partial charge is 0.265 e. The fourth-order valence-corrected chi connectivity index (χ4v) is 1.67. The second-order valence-electron chi connectivity index (χ2n) is 2.62. The van der Waals surface area contributed by atoms with Gasteiger partial charge in [-0.3, -0.25) is 4.57 Å². The van der Waals surface area contributed by atoms with Gasteiger partial charge in [-0.05, 0) is 0 Å². The minimum atomic E-state index is -4.52. The predicted molar refractivity (Wildman–Crippen MR) is 46.7 cm³/mol. The summed E-state index contributed by atoms with van der Waals surface area (Å²) in [7, 11) is 0. The van der Waals surface area contributed by atoms with Gasteiger partial charge in [0.2, 0.25) is 16.0 Å². The molecule has 2 heterocycles. The molecule has 0 aliphatic carbocycles. The van der Waals surface area contributed by atoms with E-state index in [1.54, 1.807) is 6.07 Å². The van der Waals surface area contributed by atoms with Gasteiger partial charge in [-0.1, -0.05) is 11.3 Å². The molecule has 0 N–H and O–H groups in total. The van der Waals surface area contributed by atoms with Crippen molar-refractivity contribution in [3.05, 3.63) is 23.2 Å². The third-order valence-corrected chi connectivity index (χ3v) is 2.57. The molecule has 0 saturated heterocycles. The largest absolute Gasteiger partial charge is 0.445 e. The van der Waals surface area contributed by atoms with Crippen LogP contribution in [0.5, 0.6) is 0 Å². The first-order valence-electron chi connectivity index (χ1n) is 3.87. The molecule has 9 heteroatoms. The Hall–Kier alpha value is -1.95. The van der Waals surface area contributed by atoms with Crippen LogP contribution in [-0.2, 0) is 6.18 Å². The number of nitriles is 1. The van der Waals surface area contributed by atoms with E-state index in [9.17, 15) is 13.2 Å². The molecule has 0 aromatic carbocycles. The summed E-state index contributed by atoms with van der Waals surface area (Å²) in [6.45, 7) is 0. The molecular formula is C7H2F3N5S. The van der Waals surface area contributed by atoms with Crippen molar-refractivity contribution in [1.82, 2.24) is 19.7 Å². The van der Waals surface area contributed by atoms with Gasteiger partial charge in [0.05, 0.1) is 0 Å². The van der Waals surface area contributed by atoms with E-state index in [0.29, 0.717) is 11.3 Å². The van der Waals surface area contributed by atoms with Gasteiger partial charge in [-0.2, -0.15) is 18.4 Å². The van der Waals surface area contributed by atoms with E-state index in [2.05, 4.69) is 15.2 Å². The Kier molecular flexibility index (Phi) is 2.35. The lowest BCUT2D eigenvalue weighted by Gasteiger charge is -1.98. The summed E-state index contributed by atoms with van der Waals surface area (Å²) in [4.78, 5) is 3.64. The van der Waals surface area contributed by atoms with Gasteiger partial charge in [0, 0.05) is 12.4 Å². The number of imidazole rings is 1. The van der Waals surface area contributed by atoms with Crippen LogP contribution in [0, 0.1) is 11.3 Å². The molecule has 0 spiro atoms. The monoisotopic (exact) mass is 245 g/mol. The van der Waals surface area contributed by atoms with Crippen molar-refractivity contribution >= 4 is 11.3 Å². The van der Waals surface area contributed by atoms with Gasteiger partial charge in [0.25, 0.3) is 0 Å². The Balaban J connectivity index is 2.44. The molecule has 2 aromatic rings. The molecule has 0 aliphatic heterocycles. The molecule has 0 saturated carbocycles. The van der Waals surface area contributed by atoms with Crippen LogP contribution in [0.4, 0.5) is 13.2 Å². The van der Waals surface area contributed by atoms with Crippen LogP contribution >= 0.6 is 11.3 Å². The number of nitrogens with zero attached hydrogens (tertiary/aromatic N) is 5. The molecule has 2 aromatic heterocycles. The molecular weight excluding hydrogens is 243 g/mol. The van der Waals surface area contributed by atoms with Crippen molar-refractivity contribution in [2.24, 2.45) is 0 Å². The molecule has 0 aliphatic rings. The van der Waals surface area contributed by atoms with Gasteiger partial charge >= 0.3 is 6.18 Å². The number of alkyl halides is 3. The van der Waals surface area contributed by atoms with Crippen molar-refractivity contribution in [3.63, 3.8) is 0 Å². The van der Waals surface area contributed by atoms with E-state index < -0.39 is 11.2 Å². The van der Waals surface area contributed by atoms with Gasteiger partial charge in [0.15, 0.2) is 0 Å². The van der Waals surface area contributed by atoms with Crippen LogP contribution in [0.1, 0.15) is 10.8 Å². The third-order valence-electron chi connectivity index (χ3n) is 1.60. The van der Waals surface area contributed by atoms with Crippen LogP contribution < -0.4 is 0 Å². The highest BCUT2D eigenvalue weighted by Gasteiger charge is 2.36. The molecule has 0 bridgehead atoms. The molecule has 0 fully saturated rings. The predicted octanol–water partition coefficient (Wildman–Crippen LogP) is 1.61. The summed E-state index contributed by atoms with van der Waals surface area (Å²) in [5.74, 6) is -0.0372. The first kappa shape index (κ1) is 10.6. The molecule has 2 rings (SSSR count).